The maximum atomic E-state index is 13.1. The molecule has 0 spiro atoms. The third kappa shape index (κ3) is 5.97. The monoisotopic (exact) mass is 615 g/mol. The molecule has 45 heavy (non-hydrogen) atoms. The quantitative estimate of drug-likeness (QED) is 0.202. The van der Waals surface area contributed by atoms with Crippen LogP contribution in [0.3, 0.4) is 0 Å². The molecular weight excluding hydrogens is 579 g/mol. The Hall–Kier alpha value is -4.49. The van der Waals surface area contributed by atoms with E-state index in [1.807, 2.05) is 24.3 Å². The van der Waals surface area contributed by atoms with Crippen molar-refractivity contribution in [2.75, 3.05) is 31.7 Å². The van der Waals surface area contributed by atoms with Gasteiger partial charge in [0.15, 0.2) is 16.7 Å². The lowest BCUT2D eigenvalue weighted by atomic mass is 9.76. The Kier molecular flexibility index (Phi) is 8.35. The Morgan fingerprint density at radius 3 is 2.13 bits per heavy atom. The minimum atomic E-state index is -0.154. The Morgan fingerprint density at radius 1 is 0.889 bits per heavy atom. The van der Waals surface area contributed by atoms with Gasteiger partial charge in [0.25, 0.3) is 5.91 Å². The Morgan fingerprint density at radius 2 is 1.53 bits per heavy atom. The molecule has 1 saturated heterocycles. The molecule has 1 N–H and O–H groups in total. The molecule has 2 atom stereocenters. The first-order valence-electron chi connectivity index (χ1n) is 15.7. The summed E-state index contributed by atoms with van der Waals surface area (Å²) in [5, 5.41) is 3.59. The van der Waals surface area contributed by atoms with Gasteiger partial charge >= 0.3 is 0 Å². The second-order valence-electron chi connectivity index (χ2n) is 11.7. The Balaban J connectivity index is 1.25. The van der Waals surface area contributed by atoms with E-state index in [0.29, 0.717) is 40.0 Å². The zero-order valence-electron chi connectivity index (χ0n) is 25.7. The molecule has 7 heteroatoms. The highest BCUT2D eigenvalue weighted by Crippen LogP contribution is 2.50. The average Bonchev–Trinajstić information content (AvgIpc) is 3.42. The van der Waals surface area contributed by atoms with Crippen molar-refractivity contribution in [3.63, 3.8) is 0 Å². The van der Waals surface area contributed by atoms with Gasteiger partial charge in [-0.25, -0.2) is 4.99 Å². The van der Waals surface area contributed by atoms with Crippen molar-refractivity contribution in [1.29, 1.82) is 0 Å². The molecule has 3 aliphatic rings. The van der Waals surface area contributed by atoms with Crippen molar-refractivity contribution in [1.82, 2.24) is 5.32 Å². The fourth-order valence-corrected chi connectivity index (χ4v) is 7.60. The number of anilines is 1. The van der Waals surface area contributed by atoms with Gasteiger partial charge in [0, 0.05) is 30.6 Å². The van der Waals surface area contributed by atoms with Gasteiger partial charge in [-0.1, -0.05) is 73.7 Å². The first-order chi connectivity index (χ1) is 22.1. The molecule has 0 aliphatic carbocycles. The number of thioether (sulfide) groups is 1. The fourth-order valence-electron chi connectivity index (χ4n) is 6.76. The van der Waals surface area contributed by atoms with E-state index in [4.69, 9.17) is 14.5 Å². The number of hydrogen-bond donors (Lipinski definition) is 1. The van der Waals surface area contributed by atoms with Crippen molar-refractivity contribution < 1.29 is 14.3 Å². The van der Waals surface area contributed by atoms with Gasteiger partial charge in [-0.3, -0.25) is 4.79 Å². The van der Waals surface area contributed by atoms with Crippen molar-refractivity contribution in [2.45, 2.75) is 38.0 Å². The smallest absolute Gasteiger partial charge is 0.264 e. The predicted molar refractivity (Wildman–Crippen MR) is 184 cm³/mol. The lowest BCUT2D eigenvalue weighted by molar-refractivity contribution is -0.115. The highest BCUT2D eigenvalue weighted by atomic mass is 32.2. The molecule has 0 unspecified atom stereocenters. The van der Waals surface area contributed by atoms with Crippen LogP contribution in [-0.2, 0) is 4.79 Å². The number of methoxy groups -OCH3 is 1. The summed E-state index contributed by atoms with van der Waals surface area (Å²) < 4.78 is 11.3. The maximum absolute atomic E-state index is 13.1. The number of aliphatic imine (C=N–C) groups is 1. The fraction of sp³-hybridized carbons (Fsp3) is 0.263. The van der Waals surface area contributed by atoms with Crippen LogP contribution in [0.25, 0.3) is 6.08 Å². The molecule has 1 amide bonds. The number of hydrogen-bond acceptors (Lipinski definition) is 6. The second kappa shape index (κ2) is 12.9. The van der Waals surface area contributed by atoms with Gasteiger partial charge in [0.05, 0.1) is 24.3 Å². The number of rotatable bonds is 8. The molecule has 228 valence electrons. The molecule has 0 saturated carbocycles. The number of nitrogens with zero attached hydrogens (tertiary/aromatic N) is 2. The number of benzene rings is 4. The van der Waals surface area contributed by atoms with Gasteiger partial charge in [-0.15, -0.1) is 0 Å². The molecular formula is C38H37N3O3S. The summed E-state index contributed by atoms with van der Waals surface area (Å²) in [7, 11) is 1.63. The van der Waals surface area contributed by atoms with Crippen LogP contribution >= 0.6 is 11.8 Å². The van der Waals surface area contributed by atoms with Crippen molar-refractivity contribution in [3.8, 4) is 11.5 Å². The molecule has 3 heterocycles. The molecule has 0 aromatic heterocycles. The minimum Gasteiger partial charge on any atom is -0.493 e. The summed E-state index contributed by atoms with van der Waals surface area (Å²) in [6, 6.07) is 31.9. The van der Waals surface area contributed by atoms with Crippen LogP contribution < -0.4 is 19.7 Å². The number of carbonyl (C=O) groups is 1. The number of amidine groups is 1. The predicted octanol–water partition coefficient (Wildman–Crippen LogP) is 8.25. The molecule has 0 radical (unpaired) electrons. The topological polar surface area (TPSA) is 63.2 Å². The van der Waals surface area contributed by atoms with Gasteiger partial charge in [-0.2, -0.15) is 0 Å². The van der Waals surface area contributed by atoms with Crippen LogP contribution in [-0.4, -0.2) is 37.9 Å². The normalized spacial score (nSPS) is 20.7. The average molecular weight is 616 g/mol. The van der Waals surface area contributed by atoms with Crippen LogP contribution in [0.1, 0.15) is 65.8 Å². The van der Waals surface area contributed by atoms with Crippen LogP contribution in [0.5, 0.6) is 11.5 Å². The van der Waals surface area contributed by atoms with E-state index >= 15 is 0 Å². The van der Waals surface area contributed by atoms with Crippen molar-refractivity contribution in [3.05, 3.63) is 124 Å². The molecule has 3 aliphatic heterocycles. The molecule has 0 bridgehead atoms. The number of carbonyl (C=O) groups excluding carboxylic acids is 1. The summed E-state index contributed by atoms with van der Waals surface area (Å²) >= 11 is 1.37. The van der Waals surface area contributed by atoms with Crippen LogP contribution in [0.2, 0.25) is 0 Å². The zero-order chi connectivity index (χ0) is 30.8. The Bertz CT molecular complexity index is 1700. The zero-order valence-corrected chi connectivity index (χ0v) is 26.5. The van der Waals surface area contributed by atoms with E-state index in [-0.39, 0.29) is 5.91 Å². The number of ether oxygens (including phenoxy) is 2. The van der Waals surface area contributed by atoms with E-state index < -0.39 is 0 Å². The summed E-state index contributed by atoms with van der Waals surface area (Å²) in [6.07, 6.45) is 4.92. The lowest BCUT2D eigenvalue weighted by Crippen LogP contribution is -2.37. The highest BCUT2D eigenvalue weighted by molar-refractivity contribution is 8.18. The van der Waals surface area contributed by atoms with Gasteiger partial charge in [-0.05, 0) is 89.2 Å². The summed E-state index contributed by atoms with van der Waals surface area (Å²) in [4.78, 5) is 21.3. The third-order valence-electron chi connectivity index (χ3n) is 8.83. The molecule has 6 nitrogen and oxygen atoms in total. The van der Waals surface area contributed by atoms with E-state index in [2.05, 4.69) is 89.9 Å². The third-order valence-corrected chi connectivity index (χ3v) is 9.74. The Labute approximate surface area is 269 Å². The lowest BCUT2D eigenvalue weighted by Gasteiger charge is -2.43. The van der Waals surface area contributed by atoms with Gasteiger partial charge < -0.3 is 19.7 Å². The minimum absolute atomic E-state index is 0.154. The van der Waals surface area contributed by atoms with Crippen LogP contribution in [0.15, 0.2) is 101 Å². The SMILES string of the molecule is CCCOc1ccc(/C=C2\SC(=Nc3cc4c5c(c3)[C@H](c3ccccc3)CCN5CC[C@H]4c3ccccc3)NC2=O)cc1OC. The summed E-state index contributed by atoms with van der Waals surface area (Å²) in [5.41, 5.74) is 8.42. The number of amides is 1. The van der Waals surface area contributed by atoms with Crippen LogP contribution in [0.4, 0.5) is 11.4 Å². The molecule has 4 aromatic carbocycles. The van der Waals surface area contributed by atoms with Gasteiger partial charge in [0.1, 0.15) is 0 Å². The second-order valence-corrected chi connectivity index (χ2v) is 12.7. The van der Waals surface area contributed by atoms with Crippen molar-refractivity contribution in [2.24, 2.45) is 4.99 Å². The van der Waals surface area contributed by atoms with Gasteiger partial charge in [0.2, 0.25) is 0 Å². The first kappa shape index (κ1) is 29.2. The maximum Gasteiger partial charge on any atom is 0.264 e. The largest absolute Gasteiger partial charge is 0.493 e. The van der Waals surface area contributed by atoms with Crippen LogP contribution in [0, 0.1) is 0 Å². The van der Waals surface area contributed by atoms with E-state index in [9.17, 15) is 4.79 Å². The van der Waals surface area contributed by atoms with E-state index in [0.717, 1.165) is 43.6 Å². The van der Waals surface area contributed by atoms with E-state index in [1.165, 1.54) is 39.7 Å². The summed E-state index contributed by atoms with van der Waals surface area (Å²) in [6.45, 7) is 4.78. The highest BCUT2D eigenvalue weighted by Gasteiger charge is 2.35. The first-order valence-corrected chi connectivity index (χ1v) is 16.6. The number of nitrogens with one attached hydrogen (secondary N) is 1. The molecule has 1 fully saturated rings. The molecule has 7 rings (SSSR count). The van der Waals surface area contributed by atoms with Crippen molar-refractivity contribution >= 4 is 40.3 Å². The standard InChI is InChI=1S/C38H37N3O3S/c1-3-20-44-33-15-14-25(21-34(33)43-2)22-35-37(42)40-38(45-35)39-28-23-31-29(26-10-6-4-7-11-26)16-18-41-19-17-30(32(24-28)36(31)41)27-12-8-5-9-13-27/h4-15,21-24,29-30H,3,16-20H2,1-2H3,(H,39,40,42)/b35-22-/t29-,30-/m0/s1. The van der Waals surface area contributed by atoms with E-state index in [1.54, 1.807) is 7.11 Å². The molecule has 4 aromatic rings. The summed E-state index contributed by atoms with van der Waals surface area (Å²) in [5.74, 6) is 1.79.